The highest BCUT2D eigenvalue weighted by Gasteiger charge is 2.40. The third-order valence-electron chi connectivity index (χ3n) is 4.48. The Morgan fingerprint density at radius 2 is 2.23 bits per heavy atom. The molecule has 0 saturated carbocycles. The van der Waals surface area contributed by atoms with E-state index >= 15 is 0 Å². The molecule has 2 saturated heterocycles. The van der Waals surface area contributed by atoms with Crippen molar-refractivity contribution in [2.24, 2.45) is 0 Å². The zero-order valence-corrected chi connectivity index (χ0v) is 14.1. The van der Waals surface area contributed by atoms with Crippen LogP contribution in [0.2, 0.25) is 5.02 Å². The van der Waals surface area contributed by atoms with Crippen molar-refractivity contribution >= 4 is 29.1 Å². The van der Waals surface area contributed by atoms with Gasteiger partial charge in [0.2, 0.25) is 0 Å². The molecule has 22 heavy (non-hydrogen) atoms. The SMILES string of the molecule is N#Cc1ccc(NCC2(N3CCOCC3)CCSC2)cc1Cl. The molecular weight excluding hydrogens is 318 g/mol. The fourth-order valence-electron chi connectivity index (χ4n) is 3.12. The van der Waals surface area contributed by atoms with Crippen LogP contribution in [0, 0.1) is 11.3 Å². The quantitative estimate of drug-likeness (QED) is 0.915. The summed E-state index contributed by atoms with van der Waals surface area (Å²) in [6, 6.07) is 7.64. The lowest BCUT2D eigenvalue weighted by Gasteiger charge is -2.43. The standard InChI is InChI=1S/C16H20ClN3OS/c17-15-9-14(2-1-13(15)10-18)19-11-16(3-8-22-12-16)20-4-6-21-7-5-20/h1-2,9,19H,3-8,11-12H2. The Kier molecular flexibility index (Phi) is 5.14. The van der Waals surface area contributed by atoms with E-state index in [0.717, 1.165) is 44.3 Å². The average molecular weight is 338 g/mol. The minimum atomic E-state index is 0.203. The van der Waals surface area contributed by atoms with Gasteiger partial charge in [-0.2, -0.15) is 17.0 Å². The van der Waals surface area contributed by atoms with E-state index in [4.69, 9.17) is 21.6 Å². The van der Waals surface area contributed by atoms with Crippen LogP contribution in [0.25, 0.3) is 0 Å². The number of nitriles is 1. The molecule has 0 aliphatic carbocycles. The van der Waals surface area contributed by atoms with Gasteiger partial charge in [0, 0.05) is 36.6 Å². The summed E-state index contributed by atoms with van der Waals surface area (Å²) < 4.78 is 5.49. The largest absolute Gasteiger partial charge is 0.383 e. The van der Waals surface area contributed by atoms with Crippen LogP contribution in [0.1, 0.15) is 12.0 Å². The maximum absolute atomic E-state index is 8.95. The van der Waals surface area contributed by atoms with Crippen molar-refractivity contribution in [1.29, 1.82) is 5.26 Å². The summed E-state index contributed by atoms with van der Waals surface area (Å²) in [6.07, 6.45) is 1.20. The van der Waals surface area contributed by atoms with E-state index in [9.17, 15) is 0 Å². The number of nitrogens with one attached hydrogen (secondary N) is 1. The van der Waals surface area contributed by atoms with Crippen LogP contribution in [0.3, 0.4) is 0 Å². The highest BCUT2D eigenvalue weighted by atomic mass is 35.5. The first-order valence-electron chi connectivity index (χ1n) is 7.58. The topological polar surface area (TPSA) is 48.3 Å². The fraction of sp³-hybridized carbons (Fsp3) is 0.562. The maximum atomic E-state index is 8.95. The summed E-state index contributed by atoms with van der Waals surface area (Å²) in [6.45, 7) is 4.58. The van der Waals surface area contributed by atoms with E-state index in [-0.39, 0.29) is 5.54 Å². The number of benzene rings is 1. The van der Waals surface area contributed by atoms with Gasteiger partial charge in [0.1, 0.15) is 6.07 Å². The van der Waals surface area contributed by atoms with Gasteiger partial charge in [0.05, 0.1) is 23.8 Å². The van der Waals surface area contributed by atoms with Gasteiger partial charge in [-0.05, 0) is 30.4 Å². The number of thioether (sulfide) groups is 1. The van der Waals surface area contributed by atoms with Gasteiger partial charge in [-0.1, -0.05) is 11.6 Å². The van der Waals surface area contributed by atoms with Crippen molar-refractivity contribution in [2.45, 2.75) is 12.0 Å². The molecule has 6 heteroatoms. The molecule has 0 bridgehead atoms. The zero-order valence-electron chi connectivity index (χ0n) is 12.5. The van der Waals surface area contributed by atoms with Gasteiger partial charge >= 0.3 is 0 Å². The summed E-state index contributed by atoms with van der Waals surface area (Å²) in [7, 11) is 0. The van der Waals surface area contributed by atoms with Gasteiger partial charge in [-0.25, -0.2) is 0 Å². The van der Waals surface area contributed by atoms with E-state index in [1.54, 1.807) is 6.07 Å². The molecule has 0 amide bonds. The number of hydrogen-bond acceptors (Lipinski definition) is 5. The molecule has 2 aliphatic rings. The predicted molar refractivity (Wildman–Crippen MR) is 91.7 cm³/mol. The smallest absolute Gasteiger partial charge is 0.101 e. The van der Waals surface area contributed by atoms with Crippen LogP contribution < -0.4 is 5.32 Å². The molecule has 1 unspecified atom stereocenters. The second kappa shape index (κ2) is 7.10. The molecule has 2 aliphatic heterocycles. The number of anilines is 1. The molecule has 3 rings (SSSR count). The van der Waals surface area contributed by atoms with Gasteiger partial charge in [-0.15, -0.1) is 0 Å². The van der Waals surface area contributed by atoms with Crippen molar-refractivity contribution < 1.29 is 4.74 Å². The predicted octanol–water partition coefficient (Wildman–Crippen LogP) is 2.83. The summed E-state index contributed by atoms with van der Waals surface area (Å²) in [5, 5.41) is 13.0. The second-order valence-electron chi connectivity index (χ2n) is 5.79. The lowest BCUT2D eigenvalue weighted by Crippen LogP contribution is -2.57. The third kappa shape index (κ3) is 3.36. The number of nitrogens with zero attached hydrogens (tertiary/aromatic N) is 2. The van der Waals surface area contributed by atoms with Crippen LogP contribution >= 0.6 is 23.4 Å². The minimum Gasteiger partial charge on any atom is -0.383 e. The molecule has 1 aromatic rings. The average Bonchev–Trinajstić information content (AvgIpc) is 3.04. The van der Waals surface area contributed by atoms with Gasteiger partial charge in [-0.3, -0.25) is 4.90 Å². The summed E-state index contributed by atoms with van der Waals surface area (Å²) in [5.74, 6) is 2.37. The number of ether oxygens (including phenoxy) is 1. The van der Waals surface area contributed by atoms with Crippen molar-refractivity contribution in [3.8, 4) is 6.07 Å². The van der Waals surface area contributed by atoms with Crippen LogP contribution in [-0.2, 0) is 4.74 Å². The first-order chi connectivity index (χ1) is 10.7. The molecule has 118 valence electrons. The first kappa shape index (κ1) is 15.9. The van der Waals surface area contributed by atoms with Crippen molar-refractivity contribution in [2.75, 3.05) is 49.7 Å². The number of morpholine rings is 1. The second-order valence-corrected chi connectivity index (χ2v) is 7.30. The lowest BCUT2D eigenvalue weighted by molar-refractivity contribution is -0.00920. The molecule has 0 aromatic heterocycles. The molecular formula is C16H20ClN3OS. The number of rotatable bonds is 4. The van der Waals surface area contributed by atoms with Crippen LogP contribution in [0.5, 0.6) is 0 Å². The highest BCUT2D eigenvalue weighted by Crippen LogP contribution is 2.34. The Hall–Kier alpha value is -0.930. The molecule has 4 nitrogen and oxygen atoms in total. The Bertz CT molecular complexity index is 563. The van der Waals surface area contributed by atoms with E-state index in [1.807, 2.05) is 23.9 Å². The van der Waals surface area contributed by atoms with Gasteiger partial charge in [0.15, 0.2) is 0 Å². The van der Waals surface area contributed by atoms with Crippen molar-refractivity contribution in [3.05, 3.63) is 28.8 Å². The fourth-order valence-corrected chi connectivity index (χ4v) is 4.82. The number of halogens is 1. The van der Waals surface area contributed by atoms with Gasteiger partial charge in [0.25, 0.3) is 0 Å². The highest BCUT2D eigenvalue weighted by molar-refractivity contribution is 7.99. The molecule has 1 aromatic carbocycles. The maximum Gasteiger partial charge on any atom is 0.101 e. The Balaban J connectivity index is 1.69. The van der Waals surface area contributed by atoms with Crippen LogP contribution in [0.4, 0.5) is 5.69 Å². The van der Waals surface area contributed by atoms with Crippen LogP contribution in [0.15, 0.2) is 18.2 Å². The minimum absolute atomic E-state index is 0.203. The monoisotopic (exact) mass is 337 g/mol. The number of hydrogen-bond donors (Lipinski definition) is 1. The first-order valence-corrected chi connectivity index (χ1v) is 9.11. The van der Waals surface area contributed by atoms with E-state index in [0.29, 0.717) is 10.6 Å². The van der Waals surface area contributed by atoms with E-state index in [2.05, 4.69) is 16.3 Å². The van der Waals surface area contributed by atoms with Gasteiger partial charge < -0.3 is 10.1 Å². The normalized spacial score (nSPS) is 25.8. The zero-order chi connectivity index (χ0) is 15.4. The van der Waals surface area contributed by atoms with Crippen LogP contribution in [-0.4, -0.2) is 54.8 Å². The lowest BCUT2D eigenvalue weighted by atomic mass is 9.95. The van der Waals surface area contributed by atoms with Crippen molar-refractivity contribution in [1.82, 2.24) is 4.90 Å². The summed E-state index contributed by atoms with van der Waals surface area (Å²) >= 11 is 8.14. The molecule has 0 radical (unpaired) electrons. The molecule has 2 fully saturated rings. The van der Waals surface area contributed by atoms with E-state index in [1.165, 1.54) is 12.2 Å². The summed E-state index contributed by atoms with van der Waals surface area (Å²) in [4.78, 5) is 2.58. The Labute approximate surface area is 140 Å². The molecule has 1 atom stereocenters. The Morgan fingerprint density at radius 1 is 1.41 bits per heavy atom. The van der Waals surface area contributed by atoms with E-state index < -0.39 is 0 Å². The third-order valence-corrected chi connectivity index (χ3v) is 6.02. The molecule has 1 N–H and O–H groups in total. The molecule has 2 heterocycles. The van der Waals surface area contributed by atoms with Crippen molar-refractivity contribution in [3.63, 3.8) is 0 Å². The summed E-state index contributed by atoms with van der Waals surface area (Å²) in [5.41, 5.74) is 1.70. The Morgan fingerprint density at radius 3 is 2.86 bits per heavy atom. The molecule has 0 spiro atoms.